The number of aromatic amines is 1. The van der Waals surface area contributed by atoms with E-state index in [0.717, 1.165) is 6.07 Å². The van der Waals surface area contributed by atoms with E-state index >= 15 is 0 Å². The van der Waals surface area contributed by atoms with Gasteiger partial charge in [-0.05, 0) is 55.7 Å². The third-order valence-electron chi connectivity index (χ3n) is 5.15. The zero-order valence-electron chi connectivity index (χ0n) is 18.6. The van der Waals surface area contributed by atoms with Gasteiger partial charge in [-0.2, -0.15) is 0 Å². The molecule has 0 fully saturated rings. The van der Waals surface area contributed by atoms with Gasteiger partial charge in [0.05, 0.1) is 23.3 Å². The summed E-state index contributed by atoms with van der Waals surface area (Å²) in [6.07, 6.45) is 0.479. The number of para-hydroxylation sites is 1. The summed E-state index contributed by atoms with van der Waals surface area (Å²) in [6.45, 7) is 5.05. The lowest BCUT2D eigenvalue weighted by atomic mass is 10.1. The lowest BCUT2D eigenvalue weighted by Crippen LogP contribution is -2.17. The molecule has 0 atom stereocenters. The summed E-state index contributed by atoms with van der Waals surface area (Å²) in [5, 5.41) is 2.65. The fourth-order valence-electron chi connectivity index (χ4n) is 3.43. The largest absolute Gasteiger partial charge is 0.465 e. The zero-order chi connectivity index (χ0) is 24.3. The maximum Gasteiger partial charge on any atom is 0.339 e. The van der Waals surface area contributed by atoms with Gasteiger partial charge in [0.25, 0.3) is 15.9 Å². The van der Waals surface area contributed by atoms with E-state index in [2.05, 4.69) is 15.0 Å². The van der Waals surface area contributed by atoms with Crippen LogP contribution < -0.4 is 10.0 Å². The summed E-state index contributed by atoms with van der Waals surface area (Å²) < 4.78 is 46.7. The van der Waals surface area contributed by atoms with Crippen molar-refractivity contribution in [2.24, 2.45) is 0 Å². The molecule has 10 heteroatoms. The lowest BCUT2D eigenvalue weighted by molar-refractivity contribution is 0.0599. The van der Waals surface area contributed by atoms with Crippen molar-refractivity contribution in [3.8, 4) is 0 Å². The van der Waals surface area contributed by atoms with Crippen molar-refractivity contribution in [1.82, 2.24) is 4.98 Å². The first-order valence-electron chi connectivity index (χ1n) is 10.1. The highest BCUT2D eigenvalue weighted by molar-refractivity contribution is 7.92. The van der Waals surface area contributed by atoms with Crippen molar-refractivity contribution in [2.75, 3.05) is 17.1 Å². The number of nitrogens with one attached hydrogen (secondary N) is 3. The lowest BCUT2D eigenvalue weighted by Gasteiger charge is -2.13. The second kappa shape index (κ2) is 9.45. The number of aromatic nitrogens is 1. The van der Waals surface area contributed by atoms with Crippen molar-refractivity contribution >= 4 is 33.3 Å². The summed E-state index contributed by atoms with van der Waals surface area (Å²) in [5.41, 5.74) is 1.90. The normalized spacial score (nSPS) is 11.2. The fraction of sp³-hybridized carbons (Fsp3) is 0.217. The number of methoxy groups -OCH3 is 1. The van der Waals surface area contributed by atoms with Gasteiger partial charge in [-0.1, -0.05) is 25.1 Å². The molecular formula is C23H24FN3O5S. The first kappa shape index (κ1) is 24.0. The summed E-state index contributed by atoms with van der Waals surface area (Å²) in [4.78, 5) is 27.8. The van der Waals surface area contributed by atoms with Crippen LogP contribution in [-0.2, 0) is 21.2 Å². The maximum atomic E-state index is 13.9. The van der Waals surface area contributed by atoms with Crippen LogP contribution in [0.2, 0.25) is 0 Å². The van der Waals surface area contributed by atoms with E-state index in [0.29, 0.717) is 28.8 Å². The smallest absolute Gasteiger partial charge is 0.339 e. The van der Waals surface area contributed by atoms with Gasteiger partial charge in [0.15, 0.2) is 0 Å². The van der Waals surface area contributed by atoms with Crippen LogP contribution in [-0.4, -0.2) is 32.4 Å². The van der Waals surface area contributed by atoms with Gasteiger partial charge in [-0.3, -0.25) is 9.52 Å². The minimum atomic E-state index is -4.13. The number of rotatable bonds is 7. The van der Waals surface area contributed by atoms with E-state index in [1.807, 2.05) is 6.92 Å². The Balaban J connectivity index is 1.92. The molecule has 0 spiro atoms. The Morgan fingerprint density at radius 2 is 1.82 bits per heavy atom. The van der Waals surface area contributed by atoms with E-state index < -0.39 is 27.7 Å². The molecule has 2 aromatic carbocycles. The standard InChI is InChI=1S/C23H24FN3O5S/c1-5-17-20(23(29)32-4)14(3)21(26-17)22(28)25-15-11-10-13(2)19(12-15)33(30,31)27-18-9-7-6-8-16(18)24/h6-12,26-27H,5H2,1-4H3,(H,25,28). The molecule has 8 nitrogen and oxygen atoms in total. The van der Waals surface area contributed by atoms with E-state index in [-0.39, 0.29) is 22.0 Å². The minimum Gasteiger partial charge on any atom is -0.465 e. The van der Waals surface area contributed by atoms with Crippen molar-refractivity contribution in [3.63, 3.8) is 0 Å². The average Bonchev–Trinajstić information content (AvgIpc) is 3.12. The number of hydrogen-bond donors (Lipinski definition) is 3. The Labute approximate surface area is 191 Å². The minimum absolute atomic E-state index is 0.115. The Morgan fingerprint density at radius 1 is 1.12 bits per heavy atom. The summed E-state index contributed by atoms with van der Waals surface area (Å²) in [7, 11) is -2.87. The molecule has 0 bridgehead atoms. The number of amides is 1. The van der Waals surface area contributed by atoms with Crippen LogP contribution in [0.15, 0.2) is 47.4 Å². The van der Waals surface area contributed by atoms with Crippen LogP contribution >= 0.6 is 0 Å². The molecule has 3 N–H and O–H groups in total. The second-order valence-electron chi connectivity index (χ2n) is 7.34. The summed E-state index contributed by atoms with van der Waals surface area (Å²) in [5.74, 6) is -1.81. The molecule has 1 aromatic heterocycles. The number of anilines is 2. The number of esters is 1. The van der Waals surface area contributed by atoms with E-state index in [1.165, 1.54) is 37.4 Å². The number of benzene rings is 2. The molecule has 0 saturated heterocycles. The highest BCUT2D eigenvalue weighted by Crippen LogP contribution is 2.26. The van der Waals surface area contributed by atoms with Gasteiger partial charge in [0.1, 0.15) is 11.5 Å². The van der Waals surface area contributed by atoms with E-state index in [4.69, 9.17) is 4.74 Å². The maximum absolute atomic E-state index is 13.9. The van der Waals surface area contributed by atoms with Crippen LogP contribution in [0.25, 0.3) is 0 Å². The zero-order valence-corrected chi connectivity index (χ0v) is 19.4. The Kier molecular flexibility index (Phi) is 6.87. The molecule has 3 rings (SSSR count). The molecule has 0 unspecified atom stereocenters. The number of aryl methyl sites for hydroxylation is 2. The Morgan fingerprint density at radius 3 is 2.45 bits per heavy atom. The Bertz CT molecular complexity index is 1330. The third kappa shape index (κ3) is 4.90. The molecule has 174 valence electrons. The number of hydrogen-bond acceptors (Lipinski definition) is 5. The number of H-pyrrole nitrogens is 1. The predicted octanol–water partition coefficient (Wildman–Crippen LogP) is 4.17. The van der Waals surface area contributed by atoms with Gasteiger partial charge in [0.2, 0.25) is 0 Å². The first-order valence-corrected chi connectivity index (χ1v) is 11.6. The van der Waals surface area contributed by atoms with Gasteiger partial charge in [-0.15, -0.1) is 0 Å². The van der Waals surface area contributed by atoms with Gasteiger partial charge in [-0.25, -0.2) is 17.6 Å². The molecule has 0 aliphatic carbocycles. The quantitative estimate of drug-likeness (QED) is 0.445. The monoisotopic (exact) mass is 473 g/mol. The first-order chi connectivity index (χ1) is 15.6. The number of halogens is 1. The van der Waals surface area contributed by atoms with Crippen molar-refractivity contribution < 1.29 is 27.1 Å². The summed E-state index contributed by atoms with van der Waals surface area (Å²) >= 11 is 0. The van der Waals surface area contributed by atoms with Gasteiger partial charge < -0.3 is 15.0 Å². The molecule has 0 aliphatic rings. The highest BCUT2D eigenvalue weighted by Gasteiger charge is 2.24. The molecular weight excluding hydrogens is 449 g/mol. The van der Waals surface area contributed by atoms with Crippen molar-refractivity contribution in [3.05, 3.63) is 76.4 Å². The molecule has 0 radical (unpaired) electrons. The van der Waals surface area contributed by atoms with Crippen molar-refractivity contribution in [1.29, 1.82) is 0 Å². The third-order valence-corrected chi connectivity index (χ3v) is 6.66. The number of carbonyl (C=O) groups is 2. The SMILES string of the molecule is CCc1[nH]c(C(=O)Nc2ccc(C)c(S(=O)(=O)Nc3ccccc3F)c2)c(C)c1C(=O)OC. The molecule has 3 aromatic rings. The van der Waals surface area contributed by atoms with Gasteiger partial charge >= 0.3 is 5.97 Å². The van der Waals surface area contributed by atoms with Crippen LogP contribution in [0, 0.1) is 19.7 Å². The van der Waals surface area contributed by atoms with Crippen LogP contribution in [0.4, 0.5) is 15.8 Å². The van der Waals surface area contributed by atoms with Crippen LogP contribution in [0.5, 0.6) is 0 Å². The second-order valence-corrected chi connectivity index (χ2v) is 8.99. The molecule has 33 heavy (non-hydrogen) atoms. The molecule has 0 aliphatic heterocycles. The van der Waals surface area contributed by atoms with Crippen LogP contribution in [0.1, 0.15) is 44.6 Å². The number of carbonyl (C=O) groups excluding carboxylic acids is 2. The highest BCUT2D eigenvalue weighted by atomic mass is 32.2. The van der Waals surface area contributed by atoms with E-state index in [9.17, 15) is 22.4 Å². The average molecular weight is 474 g/mol. The molecule has 0 saturated carbocycles. The van der Waals surface area contributed by atoms with Crippen LogP contribution in [0.3, 0.4) is 0 Å². The molecule has 1 heterocycles. The molecule has 1 amide bonds. The summed E-state index contributed by atoms with van der Waals surface area (Å²) in [6, 6.07) is 9.79. The number of ether oxygens (including phenoxy) is 1. The van der Waals surface area contributed by atoms with Crippen molar-refractivity contribution in [2.45, 2.75) is 32.1 Å². The number of sulfonamides is 1. The topological polar surface area (TPSA) is 117 Å². The van der Waals surface area contributed by atoms with E-state index in [1.54, 1.807) is 19.9 Å². The van der Waals surface area contributed by atoms with Gasteiger partial charge in [0, 0.05) is 11.4 Å². The predicted molar refractivity (Wildman–Crippen MR) is 123 cm³/mol. The fourth-order valence-corrected chi connectivity index (χ4v) is 4.77. The Hall–Kier alpha value is -3.66.